The van der Waals surface area contributed by atoms with Gasteiger partial charge < -0.3 is 9.47 Å². The monoisotopic (exact) mass is 172 g/mol. The normalized spacial score (nSPS) is 32.7. The standard InChI is InChI=1S/C9H13FO2/c1-6(10)4-5-9-11-7(2)8(3)12-9/h6-9H,1-3H3/t6-,7+,8+/m0/s1. The molecule has 3 atom stereocenters. The molecule has 0 aliphatic carbocycles. The van der Waals surface area contributed by atoms with Gasteiger partial charge in [0.2, 0.25) is 6.29 Å². The molecule has 1 heterocycles. The molecule has 0 aromatic carbocycles. The maximum atomic E-state index is 12.3. The average molecular weight is 172 g/mol. The fourth-order valence-electron chi connectivity index (χ4n) is 0.894. The molecule has 1 aliphatic heterocycles. The van der Waals surface area contributed by atoms with Crippen LogP contribution in [-0.4, -0.2) is 24.7 Å². The zero-order valence-electron chi connectivity index (χ0n) is 7.50. The summed E-state index contributed by atoms with van der Waals surface area (Å²) in [6.45, 7) is 5.20. The van der Waals surface area contributed by atoms with Gasteiger partial charge in [-0.25, -0.2) is 4.39 Å². The lowest BCUT2D eigenvalue weighted by atomic mass is 10.3. The van der Waals surface area contributed by atoms with E-state index < -0.39 is 12.5 Å². The van der Waals surface area contributed by atoms with Crippen molar-refractivity contribution in [2.75, 3.05) is 0 Å². The van der Waals surface area contributed by atoms with E-state index in [0.717, 1.165) is 0 Å². The molecule has 1 rings (SSSR count). The highest BCUT2D eigenvalue weighted by Gasteiger charge is 2.27. The van der Waals surface area contributed by atoms with E-state index in [1.54, 1.807) is 0 Å². The number of alkyl halides is 1. The van der Waals surface area contributed by atoms with Crippen LogP contribution in [0.25, 0.3) is 0 Å². The van der Waals surface area contributed by atoms with Crippen LogP contribution < -0.4 is 0 Å². The zero-order chi connectivity index (χ0) is 9.14. The topological polar surface area (TPSA) is 18.5 Å². The van der Waals surface area contributed by atoms with Gasteiger partial charge in [-0.1, -0.05) is 5.92 Å². The second-order valence-corrected chi connectivity index (χ2v) is 2.92. The minimum atomic E-state index is -1.12. The Morgan fingerprint density at radius 2 is 1.75 bits per heavy atom. The maximum Gasteiger partial charge on any atom is 0.223 e. The van der Waals surface area contributed by atoms with Crippen molar-refractivity contribution < 1.29 is 13.9 Å². The van der Waals surface area contributed by atoms with Crippen molar-refractivity contribution in [3.8, 4) is 11.8 Å². The molecule has 0 aromatic heterocycles. The largest absolute Gasteiger partial charge is 0.336 e. The van der Waals surface area contributed by atoms with Crippen molar-refractivity contribution >= 4 is 0 Å². The Morgan fingerprint density at radius 1 is 1.25 bits per heavy atom. The number of ether oxygens (including phenoxy) is 2. The Kier molecular flexibility index (Phi) is 3.07. The summed E-state index contributed by atoms with van der Waals surface area (Å²) in [5.74, 6) is 4.93. The molecule has 0 unspecified atom stereocenters. The lowest BCUT2D eigenvalue weighted by Crippen LogP contribution is -2.13. The fourth-order valence-corrected chi connectivity index (χ4v) is 0.894. The smallest absolute Gasteiger partial charge is 0.223 e. The van der Waals surface area contributed by atoms with Crippen molar-refractivity contribution in [2.24, 2.45) is 0 Å². The molecular weight excluding hydrogens is 159 g/mol. The summed E-state index contributed by atoms with van der Waals surface area (Å²) in [6, 6.07) is 0. The van der Waals surface area contributed by atoms with E-state index in [1.807, 2.05) is 13.8 Å². The highest BCUT2D eigenvalue weighted by atomic mass is 19.1. The molecule has 0 bridgehead atoms. The SMILES string of the molecule is C[C@H](F)C#CC1O[C@H](C)[C@@H](C)O1. The van der Waals surface area contributed by atoms with E-state index in [1.165, 1.54) is 6.92 Å². The predicted octanol–water partition coefficient (Wildman–Crippen LogP) is 1.50. The van der Waals surface area contributed by atoms with Crippen molar-refractivity contribution in [3.05, 3.63) is 0 Å². The second kappa shape index (κ2) is 3.88. The molecule has 0 amide bonds. The summed E-state index contributed by atoms with van der Waals surface area (Å²) in [5, 5.41) is 0. The van der Waals surface area contributed by atoms with Crippen LogP contribution in [0.2, 0.25) is 0 Å². The first kappa shape index (κ1) is 9.50. The third kappa shape index (κ3) is 2.47. The molecule has 3 heteroatoms. The summed E-state index contributed by atoms with van der Waals surface area (Å²) in [5.41, 5.74) is 0. The molecule has 0 saturated carbocycles. The van der Waals surface area contributed by atoms with E-state index in [0.29, 0.717) is 0 Å². The Balaban J connectivity index is 2.44. The number of hydrogen-bond acceptors (Lipinski definition) is 2. The summed E-state index contributed by atoms with van der Waals surface area (Å²) >= 11 is 0. The Labute approximate surface area is 72.0 Å². The summed E-state index contributed by atoms with van der Waals surface area (Å²) in [7, 11) is 0. The van der Waals surface area contributed by atoms with Crippen molar-refractivity contribution in [1.29, 1.82) is 0 Å². The van der Waals surface area contributed by atoms with Gasteiger partial charge in [-0.2, -0.15) is 0 Å². The van der Waals surface area contributed by atoms with Gasteiger partial charge in [-0.05, 0) is 26.7 Å². The van der Waals surface area contributed by atoms with E-state index >= 15 is 0 Å². The van der Waals surface area contributed by atoms with Gasteiger partial charge in [0.05, 0.1) is 12.2 Å². The van der Waals surface area contributed by atoms with Crippen molar-refractivity contribution in [2.45, 2.75) is 45.4 Å². The van der Waals surface area contributed by atoms with Gasteiger partial charge in [0.15, 0.2) is 6.17 Å². The molecule has 0 N–H and O–H groups in total. The van der Waals surface area contributed by atoms with Crippen LogP contribution in [0.1, 0.15) is 20.8 Å². The van der Waals surface area contributed by atoms with E-state index in [9.17, 15) is 4.39 Å². The summed E-state index contributed by atoms with van der Waals surface area (Å²) < 4.78 is 22.8. The maximum absolute atomic E-state index is 12.3. The number of rotatable bonds is 0. The Bertz CT molecular complexity index is 194. The van der Waals surface area contributed by atoms with Crippen LogP contribution in [0.3, 0.4) is 0 Å². The van der Waals surface area contributed by atoms with Crippen LogP contribution in [0.15, 0.2) is 0 Å². The van der Waals surface area contributed by atoms with Crippen LogP contribution >= 0.6 is 0 Å². The van der Waals surface area contributed by atoms with Crippen LogP contribution in [0.5, 0.6) is 0 Å². The third-order valence-electron chi connectivity index (χ3n) is 1.74. The van der Waals surface area contributed by atoms with E-state index in [4.69, 9.17) is 9.47 Å². The minimum absolute atomic E-state index is 0.0409. The molecular formula is C9H13FO2. The van der Waals surface area contributed by atoms with Gasteiger partial charge in [-0.3, -0.25) is 0 Å². The number of hydrogen-bond donors (Lipinski definition) is 0. The van der Waals surface area contributed by atoms with E-state index in [2.05, 4.69) is 11.8 Å². The van der Waals surface area contributed by atoms with Gasteiger partial charge in [0, 0.05) is 0 Å². The first-order valence-corrected chi connectivity index (χ1v) is 4.05. The highest BCUT2D eigenvalue weighted by Crippen LogP contribution is 2.17. The molecule has 2 nitrogen and oxygen atoms in total. The van der Waals surface area contributed by atoms with Crippen LogP contribution in [0, 0.1) is 11.8 Å². The minimum Gasteiger partial charge on any atom is -0.336 e. The van der Waals surface area contributed by atoms with Gasteiger partial charge in [0.25, 0.3) is 0 Å². The molecule has 1 aliphatic rings. The van der Waals surface area contributed by atoms with Crippen molar-refractivity contribution in [1.82, 2.24) is 0 Å². The van der Waals surface area contributed by atoms with Crippen LogP contribution in [-0.2, 0) is 9.47 Å². The lowest BCUT2D eigenvalue weighted by Gasteiger charge is -2.01. The molecule has 1 fully saturated rings. The highest BCUT2D eigenvalue weighted by molar-refractivity contribution is 5.07. The lowest BCUT2D eigenvalue weighted by molar-refractivity contribution is -0.0169. The fraction of sp³-hybridized carbons (Fsp3) is 0.778. The molecule has 0 radical (unpaired) electrons. The Morgan fingerprint density at radius 3 is 2.17 bits per heavy atom. The molecule has 1 saturated heterocycles. The second-order valence-electron chi connectivity index (χ2n) is 2.92. The summed E-state index contributed by atoms with van der Waals surface area (Å²) in [6.07, 6.45) is -1.59. The number of halogens is 1. The van der Waals surface area contributed by atoms with Gasteiger partial charge >= 0.3 is 0 Å². The molecule has 68 valence electrons. The predicted molar refractivity (Wildman–Crippen MR) is 43.2 cm³/mol. The average Bonchev–Trinajstić information content (AvgIpc) is 2.28. The van der Waals surface area contributed by atoms with Gasteiger partial charge in [-0.15, -0.1) is 0 Å². The first-order valence-electron chi connectivity index (χ1n) is 4.05. The molecule has 0 spiro atoms. The summed E-state index contributed by atoms with van der Waals surface area (Å²) in [4.78, 5) is 0. The third-order valence-corrected chi connectivity index (χ3v) is 1.74. The molecule has 0 aromatic rings. The zero-order valence-corrected chi connectivity index (χ0v) is 7.50. The van der Waals surface area contributed by atoms with Crippen LogP contribution in [0.4, 0.5) is 4.39 Å². The quantitative estimate of drug-likeness (QED) is 0.515. The van der Waals surface area contributed by atoms with E-state index in [-0.39, 0.29) is 12.2 Å². The van der Waals surface area contributed by atoms with Crippen molar-refractivity contribution in [3.63, 3.8) is 0 Å². The Hall–Kier alpha value is -0.590. The van der Waals surface area contributed by atoms with Gasteiger partial charge in [0.1, 0.15) is 0 Å². The first-order chi connectivity index (χ1) is 5.59. The molecule has 12 heavy (non-hydrogen) atoms.